The first-order chi connectivity index (χ1) is 15.4. The molecule has 6 nitrogen and oxygen atoms in total. The van der Waals surface area contributed by atoms with Crippen LogP contribution in [-0.2, 0) is 11.3 Å². The van der Waals surface area contributed by atoms with Gasteiger partial charge >= 0.3 is 0 Å². The summed E-state index contributed by atoms with van der Waals surface area (Å²) in [4.78, 5) is 17.3. The Balaban J connectivity index is 1.47. The van der Waals surface area contributed by atoms with E-state index < -0.39 is 0 Å². The molecule has 2 unspecified atom stereocenters. The number of carbonyl (C=O) groups excluding carboxylic acids is 1. The van der Waals surface area contributed by atoms with Crippen molar-refractivity contribution >= 4 is 50.7 Å². The number of fused-ring (bicyclic) bond motifs is 1. The predicted molar refractivity (Wildman–Crippen MR) is 128 cm³/mol. The number of hydrogen-bond donors (Lipinski definition) is 0. The minimum Gasteiger partial charge on any atom is -0.495 e. The Morgan fingerprint density at radius 1 is 1.25 bits per heavy atom. The molecule has 0 spiro atoms. The van der Waals surface area contributed by atoms with E-state index in [0.29, 0.717) is 12.3 Å². The van der Waals surface area contributed by atoms with Crippen molar-refractivity contribution in [2.75, 3.05) is 20.2 Å². The summed E-state index contributed by atoms with van der Waals surface area (Å²) >= 11 is 4.67. The predicted octanol–water partition coefficient (Wildman–Crippen LogP) is 4.74. The van der Waals surface area contributed by atoms with Gasteiger partial charge in [-0.2, -0.15) is 8.75 Å². The number of piperazine rings is 1. The SMILES string of the molecule is COc1c(C=CC(=O)N2CC(C)N(Cc3ccc(F)cc3)CC2C)cc2nsnc2c1Br. The molecule has 2 atom stereocenters. The standard InChI is InChI=1S/C23H24BrFN4O2S/c1-14-12-29(15(2)11-28(14)13-16-4-7-18(25)8-5-16)20(30)9-6-17-10-19-22(27-32-26-19)21(24)23(17)31-3/h4-10,14-15H,11-13H2,1-3H3. The Hall–Kier alpha value is -2.36. The van der Waals surface area contributed by atoms with E-state index >= 15 is 0 Å². The summed E-state index contributed by atoms with van der Waals surface area (Å²) in [5.74, 6) is 0.353. The molecule has 0 saturated carbocycles. The Labute approximate surface area is 199 Å². The maximum atomic E-state index is 13.2. The zero-order valence-electron chi connectivity index (χ0n) is 18.1. The van der Waals surface area contributed by atoms with Gasteiger partial charge in [0.25, 0.3) is 0 Å². The molecule has 1 saturated heterocycles. The van der Waals surface area contributed by atoms with Gasteiger partial charge < -0.3 is 9.64 Å². The van der Waals surface area contributed by atoms with Crippen molar-refractivity contribution in [2.45, 2.75) is 32.5 Å². The fraction of sp³-hybridized carbons (Fsp3) is 0.348. The summed E-state index contributed by atoms with van der Waals surface area (Å²) in [5.41, 5.74) is 3.33. The maximum absolute atomic E-state index is 13.2. The highest BCUT2D eigenvalue weighted by atomic mass is 79.9. The molecule has 168 valence electrons. The molecule has 0 aliphatic carbocycles. The molecule has 1 amide bonds. The second-order valence-electron chi connectivity index (χ2n) is 8.02. The first-order valence-electron chi connectivity index (χ1n) is 10.3. The largest absolute Gasteiger partial charge is 0.495 e. The van der Waals surface area contributed by atoms with Crippen molar-refractivity contribution in [1.82, 2.24) is 18.5 Å². The van der Waals surface area contributed by atoms with E-state index in [-0.39, 0.29) is 23.8 Å². The Bertz CT molecular complexity index is 1150. The molecular formula is C23H24BrFN4O2S. The summed E-state index contributed by atoms with van der Waals surface area (Å²) in [6.07, 6.45) is 3.36. The van der Waals surface area contributed by atoms with Crippen LogP contribution < -0.4 is 4.74 Å². The number of hydrogen-bond acceptors (Lipinski definition) is 6. The van der Waals surface area contributed by atoms with Crippen LogP contribution in [0.15, 0.2) is 40.9 Å². The van der Waals surface area contributed by atoms with Crippen LogP contribution in [0, 0.1) is 5.82 Å². The molecule has 1 aliphatic rings. The monoisotopic (exact) mass is 518 g/mol. The maximum Gasteiger partial charge on any atom is 0.246 e. The van der Waals surface area contributed by atoms with E-state index in [0.717, 1.165) is 51.5 Å². The lowest BCUT2D eigenvalue weighted by molar-refractivity contribution is -0.131. The van der Waals surface area contributed by atoms with Crippen molar-refractivity contribution in [3.8, 4) is 5.75 Å². The number of methoxy groups -OCH3 is 1. The molecule has 1 fully saturated rings. The molecule has 0 bridgehead atoms. The van der Waals surface area contributed by atoms with Gasteiger partial charge in [-0.05, 0) is 59.6 Å². The van der Waals surface area contributed by atoms with Crippen LogP contribution in [0.4, 0.5) is 4.39 Å². The molecule has 3 aromatic rings. The third-order valence-electron chi connectivity index (χ3n) is 5.78. The Morgan fingerprint density at radius 2 is 2.00 bits per heavy atom. The van der Waals surface area contributed by atoms with Crippen molar-refractivity contribution in [2.24, 2.45) is 0 Å². The van der Waals surface area contributed by atoms with E-state index in [1.54, 1.807) is 19.3 Å². The van der Waals surface area contributed by atoms with E-state index in [1.807, 2.05) is 23.1 Å². The van der Waals surface area contributed by atoms with Gasteiger partial charge in [-0.1, -0.05) is 12.1 Å². The zero-order chi connectivity index (χ0) is 22.8. The van der Waals surface area contributed by atoms with Gasteiger partial charge in [0.15, 0.2) is 0 Å². The third-order valence-corrected chi connectivity index (χ3v) is 7.06. The lowest BCUT2D eigenvalue weighted by atomic mass is 10.1. The lowest BCUT2D eigenvalue weighted by Crippen LogP contribution is -2.57. The highest BCUT2D eigenvalue weighted by Gasteiger charge is 2.31. The van der Waals surface area contributed by atoms with Crippen LogP contribution in [0.25, 0.3) is 17.1 Å². The molecule has 0 radical (unpaired) electrons. The molecule has 2 heterocycles. The van der Waals surface area contributed by atoms with Crippen LogP contribution in [0.3, 0.4) is 0 Å². The smallest absolute Gasteiger partial charge is 0.246 e. The number of nitrogens with zero attached hydrogens (tertiary/aromatic N) is 4. The molecule has 1 aliphatic heterocycles. The van der Waals surface area contributed by atoms with E-state index in [1.165, 1.54) is 12.1 Å². The highest BCUT2D eigenvalue weighted by Crippen LogP contribution is 2.36. The molecule has 4 rings (SSSR count). The van der Waals surface area contributed by atoms with Crippen molar-refractivity contribution in [3.05, 3.63) is 57.8 Å². The first-order valence-corrected chi connectivity index (χ1v) is 11.9. The summed E-state index contributed by atoms with van der Waals surface area (Å²) in [6, 6.07) is 8.72. The summed E-state index contributed by atoms with van der Waals surface area (Å²) < 4.78 is 28.0. The van der Waals surface area contributed by atoms with E-state index in [4.69, 9.17) is 4.74 Å². The number of rotatable bonds is 5. The van der Waals surface area contributed by atoms with Crippen LogP contribution in [0.1, 0.15) is 25.0 Å². The van der Waals surface area contributed by atoms with Crippen LogP contribution in [0.5, 0.6) is 5.75 Å². The van der Waals surface area contributed by atoms with Gasteiger partial charge in [-0.3, -0.25) is 9.69 Å². The second kappa shape index (κ2) is 9.64. The minimum absolute atomic E-state index is 0.0412. The van der Waals surface area contributed by atoms with Gasteiger partial charge in [-0.15, -0.1) is 0 Å². The fourth-order valence-corrected chi connectivity index (χ4v) is 5.36. The fourth-order valence-electron chi connectivity index (χ4n) is 4.03. The number of amides is 1. The summed E-state index contributed by atoms with van der Waals surface area (Å²) in [5, 5.41) is 0. The third kappa shape index (κ3) is 4.69. The number of halogens is 2. The Kier molecular flexibility index (Phi) is 6.88. The van der Waals surface area contributed by atoms with Gasteiger partial charge in [0.1, 0.15) is 22.6 Å². The van der Waals surface area contributed by atoms with E-state index in [9.17, 15) is 9.18 Å². The topological polar surface area (TPSA) is 58.6 Å². The molecule has 2 aromatic carbocycles. The molecule has 0 N–H and O–H groups in total. The lowest BCUT2D eigenvalue weighted by Gasteiger charge is -2.44. The minimum atomic E-state index is -0.230. The van der Waals surface area contributed by atoms with Crippen LogP contribution in [-0.4, -0.2) is 56.7 Å². The zero-order valence-corrected chi connectivity index (χ0v) is 20.5. The second-order valence-corrected chi connectivity index (χ2v) is 9.34. The number of carbonyl (C=O) groups is 1. The van der Waals surface area contributed by atoms with Gasteiger partial charge in [0.05, 0.1) is 23.3 Å². The molecule has 1 aromatic heterocycles. The van der Waals surface area contributed by atoms with Crippen molar-refractivity contribution in [1.29, 1.82) is 0 Å². The normalized spacial score (nSPS) is 19.7. The van der Waals surface area contributed by atoms with Gasteiger partial charge in [0.2, 0.25) is 5.91 Å². The van der Waals surface area contributed by atoms with Crippen LogP contribution >= 0.6 is 27.7 Å². The number of benzene rings is 2. The number of ether oxygens (including phenoxy) is 1. The summed E-state index contributed by atoms with van der Waals surface area (Å²) in [6.45, 7) is 6.28. The average Bonchev–Trinajstić information content (AvgIpc) is 3.25. The molecule has 9 heteroatoms. The van der Waals surface area contributed by atoms with Crippen molar-refractivity contribution < 1.29 is 13.9 Å². The average molecular weight is 519 g/mol. The highest BCUT2D eigenvalue weighted by molar-refractivity contribution is 9.10. The van der Waals surface area contributed by atoms with Crippen molar-refractivity contribution in [3.63, 3.8) is 0 Å². The number of aromatic nitrogens is 2. The molecule has 32 heavy (non-hydrogen) atoms. The molecular weight excluding hydrogens is 495 g/mol. The Morgan fingerprint density at radius 3 is 2.72 bits per heavy atom. The van der Waals surface area contributed by atoms with Gasteiger partial charge in [-0.25, -0.2) is 4.39 Å². The summed E-state index contributed by atoms with van der Waals surface area (Å²) in [7, 11) is 1.59. The van der Waals surface area contributed by atoms with E-state index in [2.05, 4.69) is 43.4 Å². The quantitative estimate of drug-likeness (QED) is 0.456. The van der Waals surface area contributed by atoms with Crippen LogP contribution in [0.2, 0.25) is 0 Å². The van der Waals surface area contributed by atoms with Gasteiger partial charge in [0, 0.05) is 43.4 Å². The first kappa shape index (κ1) is 22.8.